The van der Waals surface area contributed by atoms with Crippen LogP contribution in [0.5, 0.6) is 0 Å². The molecule has 1 aromatic carbocycles. The van der Waals surface area contributed by atoms with Gasteiger partial charge >= 0.3 is 0 Å². The molecular weight excluding hydrogens is 378 g/mol. The average Bonchev–Trinajstić information content (AvgIpc) is 2.85. The highest BCUT2D eigenvalue weighted by molar-refractivity contribution is 5.76. The number of morpholine rings is 1. The minimum atomic E-state index is 0.738. The predicted molar refractivity (Wildman–Crippen MR) is 117 cm³/mol. The maximum Gasteiger partial charge on any atom is 0.225 e. The Morgan fingerprint density at radius 3 is 2.13 bits per heavy atom. The van der Waals surface area contributed by atoms with E-state index in [9.17, 15) is 0 Å². The third-order valence-corrected chi connectivity index (χ3v) is 5.60. The third kappa shape index (κ3) is 3.91. The summed E-state index contributed by atoms with van der Waals surface area (Å²) in [5.41, 5.74) is 3.14. The molecule has 30 heavy (non-hydrogen) atoms. The second-order valence-electron chi connectivity index (χ2n) is 7.42. The average molecular weight is 403 g/mol. The number of ether oxygens (including phenoxy) is 1. The molecule has 8 nitrogen and oxygen atoms in total. The first kappa shape index (κ1) is 18.7. The second-order valence-corrected chi connectivity index (χ2v) is 7.42. The van der Waals surface area contributed by atoms with Crippen LogP contribution in [0.4, 0.5) is 17.5 Å². The van der Waals surface area contributed by atoms with Crippen LogP contribution in [-0.4, -0.2) is 72.6 Å². The van der Waals surface area contributed by atoms with Crippen LogP contribution in [0.25, 0.3) is 11.3 Å². The van der Waals surface area contributed by atoms with E-state index in [2.05, 4.69) is 53.1 Å². The van der Waals surface area contributed by atoms with Gasteiger partial charge in [-0.05, 0) is 6.07 Å². The Labute approximate surface area is 176 Å². The fraction of sp³-hybridized carbons (Fsp3) is 0.364. The highest BCUT2D eigenvalue weighted by Crippen LogP contribution is 2.32. The molecule has 0 amide bonds. The Morgan fingerprint density at radius 2 is 1.40 bits per heavy atom. The lowest BCUT2D eigenvalue weighted by Gasteiger charge is -2.36. The molecule has 2 fully saturated rings. The van der Waals surface area contributed by atoms with Crippen molar-refractivity contribution in [2.45, 2.75) is 0 Å². The van der Waals surface area contributed by atoms with Crippen LogP contribution in [-0.2, 0) is 4.74 Å². The number of hydrogen-bond acceptors (Lipinski definition) is 8. The van der Waals surface area contributed by atoms with E-state index in [1.807, 2.05) is 24.3 Å². The van der Waals surface area contributed by atoms with Crippen LogP contribution in [0.15, 0.2) is 54.9 Å². The van der Waals surface area contributed by atoms with Gasteiger partial charge in [-0.25, -0.2) is 9.97 Å². The van der Waals surface area contributed by atoms with Gasteiger partial charge in [0, 0.05) is 63.3 Å². The molecule has 0 atom stereocenters. The summed E-state index contributed by atoms with van der Waals surface area (Å²) in [6, 6.07) is 14.3. The number of rotatable bonds is 4. The molecule has 0 radical (unpaired) electrons. The minimum Gasteiger partial charge on any atom is -0.378 e. The van der Waals surface area contributed by atoms with Gasteiger partial charge in [0.1, 0.15) is 5.69 Å². The minimum absolute atomic E-state index is 0.738. The summed E-state index contributed by atoms with van der Waals surface area (Å²) in [5, 5.41) is 9.26. The van der Waals surface area contributed by atoms with Crippen LogP contribution in [0.2, 0.25) is 0 Å². The van der Waals surface area contributed by atoms with Crippen molar-refractivity contribution in [3.8, 4) is 11.3 Å². The predicted octanol–water partition coefficient (Wildman–Crippen LogP) is 2.10. The summed E-state index contributed by atoms with van der Waals surface area (Å²) < 4.78 is 5.56. The van der Waals surface area contributed by atoms with Crippen LogP contribution in [0.1, 0.15) is 0 Å². The molecule has 4 heterocycles. The van der Waals surface area contributed by atoms with E-state index < -0.39 is 0 Å². The Hall–Kier alpha value is -3.26. The van der Waals surface area contributed by atoms with E-state index >= 15 is 0 Å². The molecule has 0 unspecified atom stereocenters. The number of aromatic nitrogens is 4. The first-order valence-corrected chi connectivity index (χ1v) is 10.4. The molecule has 0 saturated carbocycles. The van der Waals surface area contributed by atoms with Crippen molar-refractivity contribution in [3.63, 3.8) is 0 Å². The molecule has 154 valence electrons. The van der Waals surface area contributed by atoms with Gasteiger partial charge < -0.3 is 19.4 Å². The molecule has 2 aliphatic rings. The van der Waals surface area contributed by atoms with Gasteiger partial charge in [-0.1, -0.05) is 30.3 Å². The SMILES string of the molecule is c1ccc(-c2nnc(N3CCN(c4ncccn4)CC3)cc2N2CCOCC2)cc1. The lowest BCUT2D eigenvalue weighted by molar-refractivity contribution is 0.122. The third-order valence-electron chi connectivity index (χ3n) is 5.60. The van der Waals surface area contributed by atoms with Crippen LogP contribution < -0.4 is 14.7 Å². The standard InChI is InChI=1S/C22H25N7O/c1-2-5-18(6-3-1)21-19(27-13-15-30-16-14-27)17-20(25-26-21)28-9-11-29(12-10-28)22-23-7-4-8-24-22/h1-8,17H,9-16H2. The number of hydrogen-bond donors (Lipinski definition) is 0. The first-order chi connectivity index (χ1) is 14.9. The van der Waals surface area contributed by atoms with E-state index in [0.717, 1.165) is 81.2 Å². The molecule has 2 aliphatic heterocycles. The smallest absolute Gasteiger partial charge is 0.225 e. The quantitative estimate of drug-likeness (QED) is 0.656. The van der Waals surface area contributed by atoms with E-state index in [1.54, 1.807) is 12.4 Å². The van der Waals surface area contributed by atoms with Crippen molar-refractivity contribution < 1.29 is 4.74 Å². The van der Waals surface area contributed by atoms with Gasteiger partial charge in [0.2, 0.25) is 5.95 Å². The number of piperazine rings is 1. The molecule has 2 saturated heterocycles. The van der Waals surface area contributed by atoms with Gasteiger partial charge in [0.25, 0.3) is 0 Å². The van der Waals surface area contributed by atoms with E-state index in [4.69, 9.17) is 4.74 Å². The van der Waals surface area contributed by atoms with Crippen molar-refractivity contribution in [1.82, 2.24) is 20.2 Å². The number of nitrogens with zero attached hydrogens (tertiary/aromatic N) is 7. The number of benzene rings is 1. The lowest BCUT2D eigenvalue weighted by atomic mass is 10.1. The Morgan fingerprint density at radius 1 is 0.700 bits per heavy atom. The maximum atomic E-state index is 5.56. The highest BCUT2D eigenvalue weighted by Gasteiger charge is 2.23. The maximum absolute atomic E-state index is 5.56. The highest BCUT2D eigenvalue weighted by atomic mass is 16.5. The molecule has 0 aliphatic carbocycles. The fourth-order valence-corrected chi connectivity index (χ4v) is 3.96. The Kier molecular flexibility index (Phi) is 5.39. The van der Waals surface area contributed by atoms with Gasteiger partial charge in [0.15, 0.2) is 5.82 Å². The van der Waals surface area contributed by atoms with Crippen molar-refractivity contribution in [2.75, 3.05) is 67.2 Å². The van der Waals surface area contributed by atoms with Crippen molar-refractivity contribution >= 4 is 17.5 Å². The monoisotopic (exact) mass is 403 g/mol. The zero-order valence-electron chi connectivity index (χ0n) is 16.9. The van der Waals surface area contributed by atoms with Crippen molar-refractivity contribution in [1.29, 1.82) is 0 Å². The van der Waals surface area contributed by atoms with Crippen LogP contribution in [0.3, 0.4) is 0 Å². The van der Waals surface area contributed by atoms with Crippen molar-refractivity contribution in [3.05, 3.63) is 54.9 Å². The summed E-state index contributed by atoms with van der Waals surface area (Å²) in [6.45, 7) is 6.65. The molecule has 0 spiro atoms. The topological polar surface area (TPSA) is 70.5 Å². The molecular formula is C22H25N7O. The zero-order valence-corrected chi connectivity index (χ0v) is 16.9. The first-order valence-electron chi connectivity index (χ1n) is 10.4. The fourth-order valence-electron chi connectivity index (χ4n) is 3.96. The molecule has 0 N–H and O–H groups in total. The van der Waals surface area contributed by atoms with E-state index in [0.29, 0.717) is 0 Å². The molecule has 2 aromatic heterocycles. The molecule has 3 aromatic rings. The summed E-state index contributed by atoms with van der Waals surface area (Å²) in [6.07, 6.45) is 3.58. The van der Waals surface area contributed by atoms with Gasteiger partial charge in [-0.15, -0.1) is 10.2 Å². The summed E-state index contributed by atoms with van der Waals surface area (Å²) >= 11 is 0. The zero-order chi connectivity index (χ0) is 20.2. The number of anilines is 3. The van der Waals surface area contributed by atoms with Gasteiger partial charge in [0.05, 0.1) is 18.9 Å². The van der Waals surface area contributed by atoms with Crippen LogP contribution >= 0.6 is 0 Å². The molecule has 8 heteroatoms. The largest absolute Gasteiger partial charge is 0.378 e. The normalized spacial score (nSPS) is 17.3. The Balaban J connectivity index is 1.39. The summed E-state index contributed by atoms with van der Waals surface area (Å²) in [5.74, 6) is 1.71. The summed E-state index contributed by atoms with van der Waals surface area (Å²) in [4.78, 5) is 15.6. The second kappa shape index (κ2) is 8.62. The summed E-state index contributed by atoms with van der Waals surface area (Å²) in [7, 11) is 0. The Bertz CT molecular complexity index is 956. The van der Waals surface area contributed by atoms with Gasteiger partial charge in [-0.2, -0.15) is 0 Å². The van der Waals surface area contributed by atoms with Gasteiger partial charge in [-0.3, -0.25) is 0 Å². The van der Waals surface area contributed by atoms with E-state index in [1.165, 1.54) is 0 Å². The van der Waals surface area contributed by atoms with E-state index in [-0.39, 0.29) is 0 Å². The molecule has 5 rings (SSSR count). The lowest BCUT2D eigenvalue weighted by Crippen LogP contribution is -2.47. The van der Waals surface area contributed by atoms with Crippen molar-refractivity contribution in [2.24, 2.45) is 0 Å². The molecule has 0 bridgehead atoms. The van der Waals surface area contributed by atoms with Crippen LogP contribution in [0, 0.1) is 0 Å².